The molecule has 6 nitrogen and oxygen atoms in total. The van der Waals surface area contributed by atoms with Crippen LogP contribution in [0.4, 0.5) is 5.82 Å². The first kappa shape index (κ1) is 18.2. The van der Waals surface area contributed by atoms with Gasteiger partial charge in [-0.05, 0) is 37.8 Å². The van der Waals surface area contributed by atoms with Gasteiger partial charge in [-0.2, -0.15) is 5.26 Å². The maximum Gasteiger partial charge on any atom is 0.248 e. The van der Waals surface area contributed by atoms with Crippen molar-refractivity contribution in [1.29, 1.82) is 5.26 Å². The molecule has 24 heavy (non-hydrogen) atoms. The molecule has 0 bridgehead atoms. The van der Waals surface area contributed by atoms with Crippen LogP contribution in [-0.2, 0) is 9.53 Å². The molecule has 1 aliphatic carbocycles. The van der Waals surface area contributed by atoms with Gasteiger partial charge >= 0.3 is 0 Å². The Balaban J connectivity index is 1.68. The average Bonchev–Trinajstić information content (AvgIpc) is 2.58. The lowest BCUT2D eigenvalue weighted by Gasteiger charge is -2.29. The Kier molecular flexibility index (Phi) is 7.01. The van der Waals surface area contributed by atoms with Crippen molar-refractivity contribution in [1.82, 2.24) is 10.3 Å². The monoisotopic (exact) mass is 330 g/mol. The zero-order valence-electron chi connectivity index (χ0n) is 14.4. The summed E-state index contributed by atoms with van der Waals surface area (Å²) in [5.74, 6) is 1.11. The molecule has 1 amide bonds. The largest absolute Gasteiger partial charge is 0.367 e. The molecule has 1 aromatic heterocycles. The molecule has 1 heterocycles. The second-order valence-corrected chi connectivity index (χ2v) is 6.40. The van der Waals surface area contributed by atoms with Crippen LogP contribution in [0.15, 0.2) is 18.3 Å². The Hall–Kier alpha value is -2.13. The summed E-state index contributed by atoms with van der Waals surface area (Å²) < 4.78 is 5.89. The van der Waals surface area contributed by atoms with E-state index in [1.165, 1.54) is 12.8 Å². The highest BCUT2D eigenvalue weighted by molar-refractivity contribution is 5.80. The van der Waals surface area contributed by atoms with Gasteiger partial charge in [0.05, 0.1) is 11.7 Å². The highest BCUT2D eigenvalue weighted by atomic mass is 16.5. The first-order valence-corrected chi connectivity index (χ1v) is 8.62. The number of aromatic nitrogens is 1. The van der Waals surface area contributed by atoms with Gasteiger partial charge in [0, 0.05) is 19.3 Å². The van der Waals surface area contributed by atoms with Crippen LogP contribution in [-0.4, -0.2) is 36.2 Å². The van der Waals surface area contributed by atoms with Crippen molar-refractivity contribution >= 4 is 11.7 Å². The number of carbonyl (C=O) groups is 1. The predicted molar refractivity (Wildman–Crippen MR) is 92.4 cm³/mol. The lowest BCUT2D eigenvalue weighted by molar-refractivity contribution is -0.137. The molecule has 0 saturated heterocycles. The highest BCUT2D eigenvalue weighted by Gasteiger charge is 2.23. The van der Waals surface area contributed by atoms with E-state index in [9.17, 15) is 4.79 Å². The first-order valence-electron chi connectivity index (χ1n) is 8.62. The minimum absolute atomic E-state index is 0.100. The van der Waals surface area contributed by atoms with Crippen LogP contribution in [0.5, 0.6) is 0 Å². The van der Waals surface area contributed by atoms with Gasteiger partial charge in [0.2, 0.25) is 5.91 Å². The quantitative estimate of drug-likeness (QED) is 0.750. The predicted octanol–water partition coefficient (Wildman–Crippen LogP) is 2.47. The Bertz CT molecular complexity index is 585. The molecule has 1 saturated carbocycles. The zero-order chi connectivity index (χ0) is 17.4. The summed E-state index contributed by atoms with van der Waals surface area (Å²) in [6, 6.07) is 5.50. The van der Waals surface area contributed by atoms with Gasteiger partial charge in [-0.3, -0.25) is 4.79 Å². The van der Waals surface area contributed by atoms with E-state index in [0.717, 1.165) is 12.8 Å². The molecule has 2 N–H and O–H groups in total. The van der Waals surface area contributed by atoms with Crippen LogP contribution in [0, 0.1) is 17.2 Å². The SMILES string of the molecule is C[C@@H]1CCC[C@@H](O[C@H](C)C(=O)NCCNc2ncccc2C#N)C1. The third-order valence-electron chi connectivity index (χ3n) is 4.30. The van der Waals surface area contributed by atoms with Crippen molar-refractivity contribution in [3.8, 4) is 6.07 Å². The fraction of sp³-hybridized carbons (Fsp3) is 0.611. The Morgan fingerprint density at radius 3 is 3.08 bits per heavy atom. The van der Waals surface area contributed by atoms with E-state index in [4.69, 9.17) is 10.00 Å². The second kappa shape index (κ2) is 9.24. The van der Waals surface area contributed by atoms with Crippen molar-refractivity contribution in [2.24, 2.45) is 5.92 Å². The number of hydrogen-bond donors (Lipinski definition) is 2. The van der Waals surface area contributed by atoms with Crippen LogP contribution in [0.25, 0.3) is 0 Å². The van der Waals surface area contributed by atoms with Crippen molar-refractivity contribution in [3.63, 3.8) is 0 Å². The number of anilines is 1. The molecular weight excluding hydrogens is 304 g/mol. The van der Waals surface area contributed by atoms with Crippen LogP contribution < -0.4 is 10.6 Å². The third kappa shape index (κ3) is 5.50. The van der Waals surface area contributed by atoms with E-state index in [-0.39, 0.29) is 12.0 Å². The summed E-state index contributed by atoms with van der Waals surface area (Å²) in [6.07, 6.45) is 5.89. The summed E-state index contributed by atoms with van der Waals surface area (Å²) in [4.78, 5) is 16.2. The molecule has 1 aromatic rings. The number of hydrogen-bond acceptors (Lipinski definition) is 5. The first-order chi connectivity index (χ1) is 11.6. The summed E-state index contributed by atoms with van der Waals surface area (Å²) in [5, 5.41) is 14.9. The molecule has 1 fully saturated rings. The van der Waals surface area contributed by atoms with E-state index >= 15 is 0 Å². The van der Waals surface area contributed by atoms with Gasteiger partial charge in [0.1, 0.15) is 18.0 Å². The molecule has 0 aliphatic heterocycles. The summed E-state index contributed by atoms with van der Waals surface area (Å²) in [7, 11) is 0. The lowest BCUT2D eigenvalue weighted by atomic mass is 9.88. The van der Waals surface area contributed by atoms with E-state index in [2.05, 4.69) is 28.6 Å². The van der Waals surface area contributed by atoms with Crippen LogP contribution in [0.3, 0.4) is 0 Å². The van der Waals surface area contributed by atoms with Crippen molar-refractivity contribution < 1.29 is 9.53 Å². The molecule has 0 unspecified atom stereocenters. The Morgan fingerprint density at radius 1 is 1.50 bits per heavy atom. The van der Waals surface area contributed by atoms with Crippen molar-refractivity contribution in [2.45, 2.75) is 51.7 Å². The smallest absolute Gasteiger partial charge is 0.248 e. The van der Waals surface area contributed by atoms with Gasteiger partial charge in [0.25, 0.3) is 0 Å². The summed E-state index contributed by atoms with van der Waals surface area (Å²) >= 11 is 0. The second-order valence-electron chi connectivity index (χ2n) is 6.40. The summed E-state index contributed by atoms with van der Waals surface area (Å²) in [6.45, 7) is 4.99. The number of rotatable bonds is 7. The fourth-order valence-corrected chi connectivity index (χ4v) is 3.00. The molecule has 130 valence electrons. The number of carbonyl (C=O) groups excluding carboxylic acids is 1. The molecule has 1 aliphatic rings. The fourth-order valence-electron chi connectivity index (χ4n) is 3.00. The standard InChI is InChI=1S/C18H26N4O2/c1-13-5-3-7-16(11-13)24-14(2)18(23)22-10-9-21-17-15(12-19)6-4-8-20-17/h4,6,8,13-14,16H,3,5,7,9-11H2,1-2H3,(H,20,21)(H,22,23)/t13-,14-,16-/m1/s1. The highest BCUT2D eigenvalue weighted by Crippen LogP contribution is 2.26. The minimum atomic E-state index is -0.440. The number of nitrogens with zero attached hydrogens (tertiary/aromatic N) is 2. The third-order valence-corrected chi connectivity index (χ3v) is 4.30. The maximum absolute atomic E-state index is 12.1. The van der Waals surface area contributed by atoms with Crippen LogP contribution in [0.2, 0.25) is 0 Å². The average molecular weight is 330 g/mol. The molecular formula is C18H26N4O2. The van der Waals surface area contributed by atoms with Crippen LogP contribution in [0.1, 0.15) is 45.1 Å². The number of nitrogens with one attached hydrogen (secondary N) is 2. The molecule has 0 aromatic carbocycles. The van der Waals surface area contributed by atoms with E-state index in [1.807, 2.05) is 0 Å². The van der Waals surface area contributed by atoms with Crippen LogP contribution >= 0.6 is 0 Å². The number of ether oxygens (including phenoxy) is 1. The van der Waals surface area contributed by atoms with E-state index in [1.54, 1.807) is 25.3 Å². The molecule has 6 heteroatoms. The molecule has 0 spiro atoms. The van der Waals surface area contributed by atoms with E-state index in [0.29, 0.717) is 30.4 Å². The van der Waals surface area contributed by atoms with Gasteiger partial charge in [0.15, 0.2) is 0 Å². The van der Waals surface area contributed by atoms with Crippen molar-refractivity contribution in [3.05, 3.63) is 23.9 Å². The molecule has 3 atom stereocenters. The summed E-state index contributed by atoms with van der Waals surface area (Å²) in [5.41, 5.74) is 0.493. The maximum atomic E-state index is 12.1. The molecule has 2 rings (SSSR count). The number of amides is 1. The van der Waals surface area contributed by atoms with E-state index < -0.39 is 6.10 Å². The number of pyridine rings is 1. The minimum Gasteiger partial charge on any atom is -0.367 e. The Morgan fingerprint density at radius 2 is 2.33 bits per heavy atom. The number of nitriles is 1. The zero-order valence-corrected chi connectivity index (χ0v) is 14.4. The Labute approximate surface area is 143 Å². The van der Waals surface area contributed by atoms with Crippen molar-refractivity contribution in [2.75, 3.05) is 18.4 Å². The lowest BCUT2D eigenvalue weighted by Crippen LogP contribution is -2.39. The molecule has 0 radical (unpaired) electrons. The van der Waals surface area contributed by atoms with Gasteiger partial charge in [-0.1, -0.05) is 19.8 Å². The topological polar surface area (TPSA) is 87.0 Å². The van der Waals surface area contributed by atoms with Gasteiger partial charge in [-0.25, -0.2) is 4.98 Å². The van der Waals surface area contributed by atoms with Gasteiger partial charge < -0.3 is 15.4 Å². The van der Waals surface area contributed by atoms with Gasteiger partial charge in [-0.15, -0.1) is 0 Å². The normalized spacial score (nSPS) is 21.5.